The summed E-state index contributed by atoms with van der Waals surface area (Å²) in [6.07, 6.45) is 4.10. The first-order chi connectivity index (χ1) is 24.8. The number of nitrogens with zero attached hydrogens (tertiary/aromatic N) is 9. The lowest BCUT2D eigenvalue weighted by Crippen LogP contribution is -2.35. The molecule has 14 nitrogen and oxygen atoms in total. The first kappa shape index (κ1) is 33.9. The molecule has 5 heterocycles. The van der Waals surface area contributed by atoms with E-state index in [1.54, 1.807) is 21.5 Å². The first-order valence-corrected chi connectivity index (χ1v) is 17.4. The Bertz CT molecular complexity index is 2230. The summed E-state index contributed by atoms with van der Waals surface area (Å²) in [7, 11) is 0. The molecule has 0 atom stereocenters. The van der Waals surface area contributed by atoms with Crippen LogP contribution in [0.15, 0.2) is 66.7 Å². The molecule has 14 heteroatoms. The standard InChI is InChI=1S/C37H43N11O3/c1-5-47-31(22-25(3)42-47)34(49)40-36-38-28-13-7-8-15-30(28)45(36)16-9-10-17-46-33-27(24-44-18-20-51-21-19-44)12-11-14-29(33)39-37(46)41-35(50)32-23-26(4)43-48(32)6-2/h7-15,22-23H,5-6,16-21,24H2,1-4H3,(H,38,40,49)(H,39,41,50)/b10-9+. The smallest absolute Gasteiger partial charge is 0.276 e. The fourth-order valence-corrected chi connectivity index (χ4v) is 6.65. The van der Waals surface area contributed by atoms with Crippen molar-refractivity contribution >= 4 is 45.8 Å². The van der Waals surface area contributed by atoms with Gasteiger partial charge < -0.3 is 13.9 Å². The first-order valence-electron chi connectivity index (χ1n) is 17.4. The third-order valence-corrected chi connectivity index (χ3v) is 9.06. The van der Waals surface area contributed by atoms with Gasteiger partial charge in [0.05, 0.1) is 46.7 Å². The molecule has 0 unspecified atom stereocenters. The molecule has 4 aromatic heterocycles. The van der Waals surface area contributed by atoms with Crippen molar-refractivity contribution in [2.75, 3.05) is 36.9 Å². The lowest BCUT2D eigenvalue weighted by Gasteiger charge is -2.27. The maximum atomic E-state index is 13.6. The van der Waals surface area contributed by atoms with Crippen molar-refractivity contribution in [3.05, 3.63) is 95.1 Å². The highest BCUT2D eigenvalue weighted by atomic mass is 16.5. The van der Waals surface area contributed by atoms with Gasteiger partial charge >= 0.3 is 0 Å². The van der Waals surface area contributed by atoms with Crippen molar-refractivity contribution in [1.82, 2.24) is 43.6 Å². The van der Waals surface area contributed by atoms with Crippen LogP contribution >= 0.6 is 0 Å². The molecule has 0 radical (unpaired) electrons. The third kappa shape index (κ3) is 7.05. The number of allylic oxidation sites excluding steroid dienone is 2. The van der Waals surface area contributed by atoms with E-state index >= 15 is 0 Å². The van der Waals surface area contributed by atoms with Crippen LogP contribution in [0.25, 0.3) is 22.1 Å². The van der Waals surface area contributed by atoms with Crippen LogP contribution in [-0.2, 0) is 37.5 Å². The van der Waals surface area contributed by atoms with Crippen LogP contribution in [0.1, 0.15) is 51.8 Å². The zero-order chi connectivity index (χ0) is 35.5. The monoisotopic (exact) mass is 689 g/mol. The van der Waals surface area contributed by atoms with E-state index in [4.69, 9.17) is 14.7 Å². The minimum absolute atomic E-state index is 0.266. The van der Waals surface area contributed by atoms with Gasteiger partial charge in [-0.15, -0.1) is 0 Å². The van der Waals surface area contributed by atoms with E-state index in [9.17, 15) is 9.59 Å². The van der Waals surface area contributed by atoms with Gasteiger partial charge in [0.2, 0.25) is 11.9 Å². The maximum Gasteiger partial charge on any atom is 0.276 e. The van der Waals surface area contributed by atoms with Crippen LogP contribution in [0.4, 0.5) is 11.9 Å². The zero-order valence-electron chi connectivity index (χ0n) is 29.5. The van der Waals surface area contributed by atoms with Gasteiger partial charge in [0.25, 0.3) is 11.8 Å². The highest BCUT2D eigenvalue weighted by Gasteiger charge is 2.21. The summed E-state index contributed by atoms with van der Waals surface area (Å²) in [5.41, 5.74) is 7.09. The second-order valence-corrected chi connectivity index (χ2v) is 12.6. The molecule has 2 N–H and O–H groups in total. The van der Waals surface area contributed by atoms with Crippen molar-refractivity contribution in [2.24, 2.45) is 0 Å². The second kappa shape index (κ2) is 14.7. The molecule has 6 aromatic rings. The summed E-state index contributed by atoms with van der Waals surface area (Å²) in [4.78, 5) is 39.0. The van der Waals surface area contributed by atoms with Crippen molar-refractivity contribution in [1.29, 1.82) is 0 Å². The van der Waals surface area contributed by atoms with Crippen LogP contribution in [-0.4, -0.2) is 81.7 Å². The second-order valence-electron chi connectivity index (χ2n) is 12.6. The SMILES string of the molecule is CCn1nc(C)cc1C(=O)Nc1nc2ccccc2n1C/C=C/Cn1c(NC(=O)c2cc(C)nn2CC)nc2cccc(CN3CCOCC3)c21. The van der Waals surface area contributed by atoms with E-state index in [2.05, 4.69) is 42.4 Å². The van der Waals surface area contributed by atoms with Crippen LogP contribution in [0, 0.1) is 13.8 Å². The minimum Gasteiger partial charge on any atom is -0.379 e. The molecule has 2 amide bonds. The number of morpholine rings is 1. The summed E-state index contributed by atoms with van der Waals surface area (Å²) in [5.74, 6) is 0.372. The number of nitrogens with one attached hydrogen (secondary N) is 2. The number of benzene rings is 2. The summed E-state index contributed by atoms with van der Waals surface area (Å²) in [6.45, 7) is 13.6. The number of amides is 2. The summed E-state index contributed by atoms with van der Waals surface area (Å²) >= 11 is 0. The summed E-state index contributed by atoms with van der Waals surface area (Å²) in [5, 5.41) is 15.0. The van der Waals surface area contributed by atoms with Gasteiger partial charge in [-0.25, -0.2) is 9.97 Å². The number of rotatable bonds is 12. The Balaban J connectivity index is 1.19. The number of hydrogen-bond donors (Lipinski definition) is 2. The summed E-state index contributed by atoms with van der Waals surface area (Å²) < 4.78 is 13.0. The Hall–Kier alpha value is -5.60. The van der Waals surface area contributed by atoms with E-state index in [1.807, 2.05) is 74.7 Å². The number of ether oxygens (including phenoxy) is 1. The van der Waals surface area contributed by atoms with E-state index in [0.717, 1.165) is 58.7 Å². The van der Waals surface area contributed by atoms with Crippen LogP contribution < -0.4 is 10.6 Å². The van der Waals surface area contributed by atoms with Gasteiger partial charge in [-0.2, -0.15) is 10.2 Å². The van der Waals surface area contributed by atoms with Gasteiger partial charge in [0, 0.05) is 45.8 Å². The molecule has 1 aliphatic heterocycles. The van der Waals surface area contributed by atoms with Gasteiger partial charge in [-0.05, 0) is 63.6 Å². The number of imidazole rings is 2. The van der Waals surface area contributed by atoms with E-state index in [0.29, 0.717) is 62.7 Å². The van der Waals surface area contributed by atoms with Crippen LogP contribution in [0.2, 0.25) is 0 Å². The zero-order valence-corrected chi connectivity index (χ0v) is 29.5. The van der Waals surface area contributed by atoms with Crippen molar-refractivity contribution in [3.63, 3.8) is 0 Å². The molecule has 264 valence electrons. The number of aryl methyl sites for hydroxylation is 4. The minimum atomic E-state index is -0.268. The van der Waals surface area contributed by atoms with E-state index in [-0.39, 0.29) is 11.8 Å². The predicted molar refractivity (Wildman–Crippen MR) is 196 cm³/mol. The number of carbonyl (C=O) groups is 2. The van der Waals surface area contributed by atoms with Crippen molar-refractivity contribution in [2.45, 2.75) is 60.4 Å². The quantitative estimate of drug-likeness (QED) is 0.171. The van der Waals surface area contributed by atoms with Crippen LogP contribution in [0.5, 0.6) is 0 Å². The molecular weight excluding hydrogens is 646 g/mol. The Morgan fingerprint density at radius 2 is 1.33 bits per heavy atom. The van der Waals surface area contributed by atoms with Crippen molar-refractivity contribution < 1.29 is 14.3 Å². The molecule has 1 saturated heterocycles. The molecule has 51 heavy (non-hydrogen) atoms. The molecule has 0 bridgehead atoms. The van der Waals surface area contributed by atoms with Crippen LogP contribution in [0.3, 0.4) is 0 Å². The maximum absolute atomic E-state index is 13.6. The van der Waals surface area contributed by atoms with Crippen molar-refractivity contribution in [3.8, 4) is 0 Å². The molecule has 0 aliphatic carbocycles. The largest absolute Gasteiger partial charge is 0.379 e. The number of aromatic nitrogens is 8. The number of fused-ring (bicyclic) bond motifs is 2. The lowest BCUT2D eigenvalue weighted by atomic mass is 10.1. The fraction of sp³-hybridized carbons (Fsp3) is 0.351. The molecule has 0 spiro atoms. The Kier molecular flexibility index (Phi) is 9.77. The average Bonchev–Trinajstić information content (AvgIpc) is 3.90. The normalized spacial score (nSPS) is 13.9. The fourth-order valence-electron chi connectivity index (χ4n) is 6.65. The van der Waals surface area contributed by atoms with Gasteiger partial charge in [0.1, 0.15) is 11.4 Å². The molecule has 7 rings (SSSR count). The lowest BCUT2D eigenvalue weighted by molar-refractivity contribution is 0.0343. The van der Waals surface area contributed by atoms with Gasteiger partial charge in [-0.1, -0.05) is 36.4 Å². The molecule has 0 saturated carbocycles. The Morgan fingerprint density at radius 1 is 0.765 bits per heavy atom. The van der Waals surface area contributed by atoms with Gasteiger partial charge in [0.15, 0.2) is 0 Å². The topological polar surface area (TPSA) is 142 Å². The number of carbonyl (C=O) groups excluding carboxylic acids is 2. The highest BCUT2D eigenvalue weighted by Crippen LogP contribution is 2.26. The molecular formula is C37H43N11O3. The highest BCUT2D eigenvalue weighted by molar-refractivity contribution is 6.04. The van der Waals surface area contributed by atoms with Gasteiger partial charge in [-0.3, -0.25) is 34.5 Å². The Labute approximate surface area is 295 Å². The predicted octanol–water partition coefficient (Wildman–Crippen LogP) is 5.03. The average molecular weight is 690 g/mol. The number of para-hydroxylation sites is 3. The Morgan fingerprint density at radius 3 is 1.98 bits per heavy atom. The number of anilines is 2. The summed E-state index contributed by atoms with van der Waals surface area (Å²) in [6, 6.07) is 17.5. The molecule has 1 fully saturated rings. The number of hydrogen-bond acceptors (Lipinski definition) is 8. The van der Waals surface area contributed by atoms with E-state index < -0.39 is 0 Å². The third-order valence-electron chi connectivity index (χ3n) is 9.06. The molecule has 2 aromatic carbocycles. The molecule has 1 aliphatic rings. The van der Waals surface area contributed by atoms with E-state index in [1.165, 1.54) is 0 Å².